The standard InChI is InChI=1S/C42H42O9/c1-5-27-21-31-32-39(4,24-49-36(45)28-15-9-6-10-16-28)41(32,51-38(47)30-19-13-8-14-20-30)23-26(3)40(34(31)44)22-25(2)35(42(40,48)33(27)43)50-37(46)29-17-11-7-12-18-29/h6-22,26,31-33,35,43,48H,5,23-24H2,1-4H3/t26-,31+,32-,33-,35+,39?,40+,41+,42+/m1/s1. The van der Waals surface area contributed by atoms with Gasteiger partial charge in [-0.05, 0) is 73.2 Å². The van der Waals surface area contributed by atoms with E-state index in [1.165, 1.54) is 0 Å². The van der Waals surface area contributed by atoms with Crippen molar-refractivity contribution in [3.63, 3.8) is 0 Å². The van der Waals surface area contributed by atoms with E-state index in [2.05, 4.69) is 0 Å². The molecule has 2 saturated carbocycles. The number of ether oxygens (including phenoxy) is 3. The van der Waals surface area contributed by atoms with Crippen LogP contribution in [0.4, 0.5) is 0 Å². The molecule has 3 aromatic rings. The number of fused-ring (bicyclic) bond motifs is 3. The van der Waals surface area contributed by atoms with Gasteiger partial charge in [-0.1, -0.05) is 87.5 Å². The number of aliphatic hydroxyl groups excluding tert-OH is 1. The molecule has 0 radical (unpaired) electrons. The van der Waals surface area contributed by atoms with Crippen LogP contribution in [0.15, 0.2) is 114 Å². The number of carbonyl (C=O) groups excluding carboxylic acids is 4. The topological polar surface area (TPSA) is 136 Å². The molecule has 0 aliphatic heterocycles. The summed E-state index contributed by atoms with van der Waals surface area (Å²) >= 11 is 0. The number of ketones is 1. The third kappa shape index (κ3) is 4.96. The SMILES string of the molecule is CCC1=C[C@@H]2C(=O)[C@]3(C=C(C)[C@H](OC(=O)c4ccccc4)[C@@]3(O)[C@@H]1O)[C@H](C)C[C@]1(OC(=O)c3ccccc3)[C@H]2C1(C)COC(=O)c1ccccc1. The second-order valence-electron chi connectivity index (χ2n) is 14.7. The Morgan fingerprint density at radius 2 is 1.37 bits per heavy atom. The summed E-state index contributed by atoms with van der Waals surface area (Å²) in [4.78, 5) is 55.9. The number of aliphatic hydroxyl groups is 2. The minimum Gasteiger partial charge on any atom is -0.461 e. The number of benzene rings is 3. The molecule has 2 bridgehead atoms. The zero-order valence-electron chi connectivity index (χ0n) is 29.1. The summed E-state index contributed by atoms with van der Waals surface area (Å²) in [6.45, 7) is 7.01. The Bertz CT molecular complexity index is 1940. The zero-order valence-corrected chi connectivity index (χ0v) is 29.1. The predicted octanol–water partition coefficient (Wildman–Crippen LogP) is 5.91. The second kappa shape index (κ2) is 12.4. The molecule has 9 nitrogen and oxygen atoms in total. The van der Waals surface area contributed by atoms with Crippen LogP contribution in [-0.4, -0.2) is 63.9 Å². The molecular formula is C42H42O9. The number of rotatable bonds is 8. The van der Waals surface area contributed by atoms with E-state index < -0.39 is 69.9 Å². The number of Topliss-reactive ketones (excluding diaryl/α,β-unsaturated/α-hetero) is 1. The van der Waals surface area contributed by atoms with E-state index in [-0.39, 0.29) is 30.8 Å². The average Bonchev–Trinajstić information content (AvgIpc) is 3.59. The molecular weight excluding hydrogens is 648 g/mol. The van der Waals surface area contributed by atoms with E-state index in [0.29, 0.717) is 22.3 Å². The van der Waals surface area contributed by atoms with Gasteiger partial charge >= 0.3 is 17.9 Å². The molecule has 4 aliphatic carbocycles. The molecule has 3 aromatic carbocycles. The first-order chi connectivity index (χ1) is 24.4. The summed E-state index contributed by atoms with van der Waals surface area (Å²) in [5.41, 5.74) is -4.54. The van der Waals surface area contributed by atoms with Crippen molar-refractivity contribution in [2.45, 2.75) is 63.9 Å². The Morgan fingerprint density at radius 3 is 1.92 bits per heavy atom. The third-order valence-corrected chi connectivity index (χ3v) is 12.1. The van der Waals surface area contributed by atoms with Gasteiger partial charge in [-0.2, -0.15) is 0 Å². The van der Waals surface area contributed by atoms with Crippen LogP contribution in [0.3, 0.4) is 0 Å². The van der Waals surface area contributed by atoms with Gasteiger partial charge in [0.05, 0.1) is 22.1 Å². The second-order valence-corrected chi connectivity index (χ2v) is 14.7. The Labute approximate surface area is 296 Å². The van der Waals surface area contributed by atoms with Crippen molar-refractivity contribution in [2.24, 2.45) is 28.6 Å². The van der Waals surface area contributed by atoms with E-state index in [1.807, 2.05) is 13.8 Å². The number of hydrogen-bond donors (Lipinski definition) is 2. The van der Waals surface area contributed by atoms with Crippen molar-refractivity contribution in [3.05, 3.63) is 131 Å². The van der Waals surface area contributed by atoms with Gasteiger partial charge in [0.2, 0.25) is 0 Å². The monoisotopic (exact) mass is 690 g/mol. The van der Waals surface area contributed by atoms with Crippen LogP contribution in [0, 0.1) is 28.6 Å². The molecule has 0 saturated heterocycles. The van der Waals surface area contributed by atoms with Crippen molar-refractivity contribution >= 4 is 23.7 Å². The fourth-order valence-corrected chi connectivity index (χ4v) is 9.51. The molecule has 2 N–H and O–H groups in total. The van der Waals surface area contributed by atoms with Crippen molar-refractivity contribution in [3.8, 4) is 0 Å². The van der Waals surface area contributed by atoms with Crippen molar-refractivity contribution < 1.29 is 43.6 Å². The van der Waals surface area contributed by atoms with Crippen molar-refractivity contribution in [2.75, 3.05) is 6.61 Å². The molecule has 9 atom stereocenters. The minimum atomic E-state index is -2.27. The highest BCUT2D eigenvalue weighted by Gasteiger charge is 2.85. The Kier molecular flexibility index (Phi) is 8.42. The largest absolute Gasteiger partial charge is 0.461 e. The summed E-state index contributed by atoms with van der Waals surface area (Å²) in [7, 11) is 0. The summed E-state index contributed by atoms with van der Waals surface area (Å²) in [6.07, 6.45) is 0.806. The Balaban J connectivity index is 1.33. The lowest BCUT2D eigenvalue weighted by molar-refractivity contribution is -0.191. The van der Waals surface area contributed by atoms with Gasteiger partial charge in [0.1, 0.15) is 18.3 Å². The van der Waals surface area contributed by atoms with Crippen molar-refractivity contribution in [1.29, 1.82) is 0 Å². The lowest BCUT2D eigenvalue weighted by Gasteiger charge is -2.49. The maximum Gasteiger partial charge on any atom is 0.338 e. The third-order valence-electron chi connectivity index (χ3n) is 12.1. The van der Waals surface area contributed by atoms with Gasteiger partial charge in [-0.15, -0.1) is 0 Å². The predicted molar refractivity (Wildman–Crippen MR) is 186 cm³/mol. The van der Waals surface area contributed by atoms with E-state index in [4.69, 9.17) is 14.2 Å². The smallest absolute Gasteiger partial charge is 0.338 e. The van der Waals surface area contributed by atoms with Gasteiger partial charge in [0, 0.05) is 17.3 Å². The maximum atomic E-state index is 15.4. The normalized spacial score (nSPS) is 34.8. The molecule has 264 valence electrons. The highest BCUT2D eigenvalue weighted by Crippen LogP contribution is 2.75. The molecule has 0 aromatic heterocycles. The first kappa shape index (κ1) is 34.6. The van der Waals surface area contributed by atoms with Crippen LogP contribution >= 0.6 is 0 Å². The average molecular weight is 691 g/mol. The number of allylic oxidation sites excluding steroid dienone is 1. The number of carbonyl (C=O) groups is 4. The highest BCUT2D eigenvalue weighted by molar-refractivity contribution is 5.97. The first-order valence-electron chi connectivity index (χ1n) is 17.5. The van der Waals surface area contributed by atoms with Crippen LogP contribution in [0.25, 0.3) is 0 Å². The first-order valence-corrected chi connectivity index (χ1v) is 17.5. The molecule has 1 spiro atoms. The van der Waals surface area contributed by atoms with Crippen LogP contribution in [-0.2, 0) is 19.0 Å². The fraction of sp³-hybridized carbons (Fsp3) is 0.381. The maximum absolute atomic E-state index is 15.4. The quantitative estimate of drug-likeness (QED) is 0.168. The van der Waals surface area contributed by atoms with Crippen LogP contribution in [0.5, 0.6) is 0 Å². The summed E-state index contributed by atoms with van der Waals surface area (Å²) < 4.78 is 18.5. The molecule has 9 heteroatoms. The van der Waals surface area contributed by atoms with Gasteiger partial charge in [0.25, 0.3) is 0 Å². The molecule has 0 amide bonds. The Hall–Kier alpha value is -4.86. The zero-order chi connectivity index (χ0) is 36.3. The number of hydrogen-bond acceptors (Lipinski definition) is 9. The molecule has 1 unspecified atom stereocenters. The lowest BCUT2D eigenvalue weighted by Crippen LogP contribution is -2.65. The van der Waals surface area contributed by atoms with E-state index in [1.54, 1.807) is 117 Å². The van der Waals surface area contributed by atoms with Crippen LogP contribution in [0.1, 0.15) is 71.6 Å². The molecule has 4 aliphatic rings. The van der Waals surface area contributed by atoms with Gasteiger partial charge in [-0.25, -0.2) is 14.4 Å². The fourth-order valence-electron chi connectivity index (χ4n) is 9.51. The van der Waals surface area contributed by atoms with Gasteiger partial charge in [0.15, 0.2) is 17.5 Å². The molecule has 0 heterocycles. The summed E-state index contributed by atoms with van der Waals surface area (Å²) in [5.74, 6) is -4.59. The van der Waals surface area contributed by atoms with Crippen LogP contribution < -0.4 is 0 Å². The Morgan fingerprint density at radius 1 is 0.843 bits per heavy atom. The highest BCUT2D eigenvalue weighted by atomic mass is 16.6. The summed E-state index contributed by atoms with van der Waals surface area (Å²) in [6, 6.07) is 25.5. The summed E-state index contributed by atoms with van der Waals surface area (Å²) in [5, 5.41) is 25.2. The van der Waals surface area contributed by atoms with Gasteiger partial charge < -0.3 is 24.4 Å². The van der Waals surface area contributed by atoms with E-state index in [0.717, 1.165) is 0 Å². The van der Waals surface area contributed by atoms with E-state index in [9.17, 15) is 24.6 Å². The molecule has 7 rings (SSSR count). The minimum absolute atomic E-state index is 0.0886. The van der Waals surface area contributed by atoms with Gasteiger partial charge in [-0.3, -0.25) is 4.79 Å². The van der Waals surface area contributed by atoms with Crippen molar-refractivity contribution in [1.82, 2.24) is 0 Å². The van der Waals surface area contributed by atoms with Crippen LogP contribution in [0.2, 0.25) is 0 Å². The lowest BCUT2D eigenvalue weighted by atomic mass is 9.58. The van der Waals surface area contributed by atoms with E-state index >= 15 is 4.79 Å². The number of esters is 3. The molecule has 51 heavy (non-hydrogen) atoms. The molecule has 2 fully saturated rings.